The van der Waals surface area contributed by atoms with Gasteiger partial charge in [-0.05, 0) is 24.6 Å². The monoisotopic (exact) mass is 341 g/mol. The van der Waals surface area contributed by atoms with Crippen LogP contribution in [0.2, 0.25) is 0 Å². The molecular weight excluding hydrogens is 318 g/mol. The number of nitrogens with one attached hydrogen (secondary N) is 1. The molecule has 23 heavy (non-hydrogen) atoms. The van der Waals surface area contributed by atoms with E-state index in [2.05, 4.69) is 5.32 Å². The van der Waals surface area contributed by atoms with E-state index in [9.17, 15) is 5.11 Å². The second-order valence-corrected chi connectivity index (χ2v) is 5.08. The van der Waals surface area contributed by atoms with Gasteiger partial charge in [-0.2, -0.15) is 0 Å². The van der Waals surface area contributed by atoms with Crippen molar-refractivity contribution in [3.05, 3.63) is 47.7 Å². The molecule has 0 amide bonds. The molecule has 0 aliphatic heterocycles. The molecular formula is C17H24ClNO4. The third-order valence-corrected chi connectivity index (χ3v) is 3.30. The summed E-state index contributed by atoms with van der Waals surface area (Å²) in [6, 6.07) is 11.6. The molecule has 0 spiro atoms. The third-order valence-electron chi connectivity index (χ3n) is 3.30. The summed E-state index contributed by atoms with van der Waals surface area (Å²) in [7, 11) is 0. The Bertz CT molecular complexity index is 554. The first-order valence-corrected chi connectivity index (χ1v) is 7.47. The normalized spacial score (nSPS) is 12.0. The van der Waals surface area contributed by atoms with Gasteiger partial charge in [-0.1, -0.05) is 24.3 Å². The van der Waals surface area contributed by atoms with E-state index in [-0.39, 0.29) is 19.0 Å². The van der Waals surface area contributed by atoms with E-state index in [4.69, 9.17) is 14.3 Å². The van der Waals surface area contributed by atoms with E-state index in [1.165, 1.54) is 0 Å². The number of halogens is 1. The molecule has 0 saturated heterocycles. The summed E-state index contributed by atoms with van der Waals surface area (Å²) >= 11 is 0. The van der Waals surface area contributed by atoms with Crippen LogP contribution in [-0.2, 0) is 11.3 Å². The predicted octanol–water partition coefficient (Wildman–Crippen LogP) is 2.52. The topological polar surface area (TPSA) is 74.9 Å². The molecule has 6 heteroatoms. The summed E-state index contributed by atoms with van der Waals surface area (Å²) in [5.41, 5.74) is 1.88. The summed E-state index contributed by atoms with van der Waals surface area (Å²) in [5.74, 6) is 1.67. The lowest BCUT2D eigenvalue weighted by molar-refractivity contribution is 0.0936. The number of aliphatic hydroxyl groups is 2. The second kappa shape index (κ2) is 10.4. The van der Waals surface area contributed by atoms with Gasteiger partial charge < -0.3 is 24.7 Å². The Balaban J connectivity index is 0.00000264. The van der Waals surface area contributed by atoms with Crippen molar-refractivity contribution in [1.29, 1.82) is 0 Å². The van der Waals surface area contributed by atoms with Gasteiger partial charge in [0.05, 0.1) is 32.5 Å². The zero-order chi connectivity index (χ0) is 15.8. The fraction of sp³-hybridized carbons (Fsp3) is 0.412. The van der Waals surface area contributed by atoms with Crippen LogP contribution in [0.3, 0.4) is 0 Å². The predicted molar refractivity (Wildman–Crippen MR) is 91.6 cm³/mol. The van der Waals surface area contributed by atoms with Crippen molar-refractivity contribution < 1.29 is 19.4 Å². The first-order valence-electron chi connectivity index (χ1n) is 7.47. The smallest absolute Gasteiger partial charge is 0.134 e. The number of furan rings is 1. The molecule has 5 nitrogen and oxygen atoms in total. The van der Waals surface area contributed by atoms with Crippen molar-refractivity contribution in [3.63, 3.8) is 0 Å². The minimum atomic E-state index is -0.460. The van der Waals surface area contributed by atoms with Crippen LogP contribution >= 0.6 is 12.4 Å². The summed E-state index contributed by atoms with van der Waals surface area (Å²) in [4.78, 5) is 0. The first-order chi connectivity index (χ1) is 10.7. The van der Waals surface area contributed by atoms with E-state index >= 15 is 0 Å². The Hall–Kier alpha value is -1.37. The molecule has 0 radical (unpaired) electrons. The van der Waals surface area contributed by atoms with Crippen molar-refractivity contribution in [1.82, 2.24) is 5.32 Å². The molecule has 0 saturated carbocycles. The van der Waals surface area contributed by atoms with Crippen LogP contribution in [0.25, 0.3) is 11.3 Å². The number of hydrogen-bond donors (Lipinski definition) is 3. The molecule has 1 aromatic heterocycles. The molecule has 0 aliphatic carbocycles. The first kappa shape index (κ1) is 19.7. The maximum Gasteiger partial charge on any atom is 0.134 e. The number of hydrogen-bond acceptors (Lipinski definition) is 5. The lowest BCUT2D eigenvalue weighted by Gasteiger charge is -2.05. The van der Waals surface area contributed by atoms with Crippen LogP contribution in [-0.4, -0.2) is 36.6 Å². The van der Waals surface area contributed by atoms with Crippen molar-refractivity contribution in [2.75, 3.05) is 26.4 Å². The maximum atomic E-state index is 9.51. The van der Waals surface area contributed by atoms with Gasteiger partial charge in [-0.15, -0.1) is 12.4 Å². The molecule has 0 aliphatic rings. The number of rotatable bonds is 9. The molecule has 3 N–H and O–H groups in total. The molecule has 1 unspecified atom stereocenters. The summed E-state index contributed by atoms with van der Waals surface area (Å²) in [5, 5.41) is 21.3. The molecule has 1 heterocycles. The Morgan fingerprint density at radius 2 is 1.87 bits per heavy atom. The van der Waals surface area contributed by atoms with Crippen molar-refractivity contribution in [2.45, 2.75) is 19.6 Å². The second-order valence-electron chi connectivity index (χ2n) is 5.08. The van der Waals surface area contributed by atoms with Crippen molar-refractivity contribution in [2.24, 2.45) is 0 Å². The van der Waals surface area contributed by atoms with E-state index in [1.807, 2.05) is 36.4 Å². The lowest BCUT2D eigenvalue weighted by atomic mass is 10.1. The Morgan fingerprint density at radius 3 is 2.52 bits per heavy atom. The van der Waals surface area contributed by atoms with Gasteiger partial charge in [0.2, 0.25) is 0 Å². The fourth-order valence-electron chi connectivity index (χ4n) is 2.08. The quantitative estimate of drug-likeness (QED) is 0.611. The summed E-state index contributed by atoms with van der Waals surface area (Å²) < 4.78 is 11.0. The average Bonchev–Trinajstić information content (AvgIpc) is 3.00. The summed E-state index contributed by atoms with van der Waals surface area (Å²) in [6.45, 7) is 4.07. The molecule has 2 aromatic rings. The molecule has 0 fully saturated rings. The van der Waals surface area contributed by atoms with E-state index in [0.717, 1.165) is 22.6 Å². The van der Waals surface area contributed by atoms with Crippen LogP contribution in [0, 0.1) is 0 Å². The van der Waals surface area contributed by atoms with E-state index in [1.54, 1.807) is 6.92 Å². The zero-order valence-corrected chi connectivity index (χ0v) is 14.0. The van der Waals surface area contributed by atoms with Gasteiger partial charge >= 0.3 is 0 Å². The van der Waals surface area contributed by atoms with Gasteiger partial charge in [0.1, 0.15) is 11.5 Å². The molecule has 1 aromatic carbocycles. The highest BCUT2D eigenvalue weighted by molar-refractivity contribution is 5.85. The standard InChI is InChI=1S/C17H23NO4.ClH/c1-13(20)14-2-4-15(5-3-14)17-7-6-16(22-17)12-18-8-10-21-11-9-19;/h2-7,13,18-20H,8-12H2,1H3;1H. The third kappa shape index (κ3) is 6.33. The van der Waals surface area contributed by atoms with Crippen molar-refractivity contribution in [3.8, 4) is 11.3 Å². The molecule has 0 bridgehead atoms. The highest BCUT2D eigenvalue weighted by Gasteiger charge is 2.06. The Kier molecular flexibility index (Phi) is 8.91. The minimum Gasteiger partial charge on any atom is -0.460 e. The van der Waals surface area contributed by atoms with Gasteiger partial charge in [-0.25, -0.2) is 0 Å². The van der Waals surface area contributed by atoms with Gasteiger partial charge in [-0.3, -0.25) is 0 Å². The SMILES string of the molecule is CC(O)c1ccc(-c2ccc(CNCCOCCO)o2)cc1.Cl. The average molecular weight is 342 g/mol. The van der Waals surface area contributed by atoms with Gasteiger partial charge in [0.15, 0.2) is 0 Å². The lowest BCUT2D eigenvalue weighted by Crippen LogP contribution is -2.19. The maximum absolute atomic E-state index is 9.51. The van der Waals surface area contributed by atoms with Crippen LogP contribution in [0.1, 0.15) is 24.4 Å². The fourth-order valence-corrected chi connectivity index (χ4v) is 2.08. The molecule has 128 valence electrons. The highest BCUT2D eigenvalue weighted by atomic mass is 35.5. The van der Waals surface area contributed by atoms with Gasteiger partial charge in [0, 0.05) is 12.1 Å². The Labute approximate surface area is 142 Å². The van der Waals surface area contributed by atoms with E-state index < -0.39 is 6.10 Å². The molecule has 2 rings (SSSR count). The zero-order valence-electron chi connectivity index (χ0n) is 13.2. The summed E-state index contributed by atoms with van der Waals surface area (Å²) in [6.07, 6.45) is -0.460. The number of benzene rings is 1. The van der Waals surface area contributed by atoms with E-state index in [0.29, 0.717) is 26.3 Å². The largest absolute Gasteiger partial charge is 0.460 e. The minimum absolute atomic E-state index is 0. The van der Waals surface area contributed by atoms with Crippen LogP contribution < -0.4 is 5.32 Å². The number of ether oxygens (including phenoxy) is 1. The highest BCUT2D eigenvalue weighted by Crippen LogP contribution is 2.24. The van der Waals surface area contributed by atoms with Gasteiger partial charge in [0.25, 0.3) is 0 Å². The van der Waals surface area contributed by atoms with Crippen LogP contribution in [0.5, 0.6) is 0 Å². The van der Waals surface area contributed by atoms with Crippen LogP contribution in [0.4, 0.5) is 0 Å². The van der Waals surface area contributed by atoms with Crippen LogP contribution in [0.15, 0.2) is 40.8 Å². The van der Waals surface area contributed by atoms with Crippen molar-refractivity contribution >= 4 is 12.4 Å². The molecule has 1 atom stereocenters. The number of aliphatic hydroxyl groups excluding tert-OH is 2. The Morgan fingerprint density at radius 1 is 1.13 bits per heavy atom.